The van der Waals surface area contributed by atoms with Crippen LogP contribution in [0.3, 0.4) is 0 Å². The molecule has 27 heavy (non-hydrogen) atoms. The van der Waals surface area contributed by atoms with Crippen LogP contribution in [0.15, 0.2) is 48.8 Å². The first-order chi connectivity index (χ1) is 12.9. The van der Waals surface area contributed by atoms with E-state index in [-0.39, 0.29) is 17.8 Å². The molecule has 0 fully saturated rings. The van der Waals surface area contributed by atoms with Crippen molar-refractivity contribution in [1.29, 1.82) is 0 Å². The third-order valence-electron chi connectivity index (χ3n) is 3.96. The Hall–Kier alpha value is -2.82. The van der Waals surface area contributed by atoms with Crippen molar-refractivity contribution in [3.8, 4) is 5.69 Å². The summed E-state index contributed by atoms with van der Waals surface area (Å²) in [6.07, 6.45) is 3.25. The largest absolute Gasteiger partial charge is 0.348 e. The first kappa shape index (κ1) is 19.0. The van der Waals surface area contributed by atoms with Crippen LogP contribution in [0.25, 0.3) is 5.69 Å². The van der Waals surface area contributed by atoms with Gasteiger partial charge in [-0.2, -0.15) is 0 Å². The van der Waals surface area contributed by atoms with E-state index in [9.17, 15) is 19.3 Å². The average molecular weight is 480 g/mol. The summed E-state index contributed by atoms with van der Waals surface area (Å²) in [4.78, 5) is 26.7. The van der Waals surface area contributed by atoms with E-state index in [4.69, 9.17) is 0 Å². The highest BCUT2D eigenvalue weighted by molar-refractivity contribution is 14.1. The molecule has 3 aromatic rings. The SMILES string of the molecule is Cc1nccn1-c1ccc(CNC(=O)c2cc([N+](=O)[O-])ccc2I)cc1F. The third-order valence-corrected chi connectivity index (χ3v) is 4.90. The highest BCUT2D eigenvalue weighted by atomic mass is 127. The second kappa shape index (κ2) is 7.82. The predicted molar refractivity (Wildman–Crippen MR) is 105 cm³/mol. The summed E-state index contributed by atoms with van der Waals surface area (Å²) >= 11 is 1.94. The minimum Gasteiger partial charge on any atom is -0.348 e. The molecule has 0 unspecified atom stereocenters. The number of carbonyl (C=O) groups excluding carboxylic acids is 1. The number of nitrogens with one attached hydrogen (secondary N) is 1. The second-order valence-electron chi connectivity index (χ2n) is 5.73. The molecular weight excluding hydrogens is 466 g/mol. The lowest BCUT2D eigenvalue weighted by Crippen LogP contribution is -2.24. The van der Waals surface area contributed by atoms with Crippen molar-refractivity contribution in [1.82, 2.24) is 14.9 Å². The quantitative estimate of drug-likeness (QED) is 0.342. The fourth-order valence-electron chi connectivity index (χ4n) is 2.57. The van der Waals surface area contributed by atoms with Gasteiger partial charge in [0.1, 0.15) is 11.6 Å². The molecule has 0 saturated heterocycles. The standard InChI is InChI=1S/C18H14FIN4O3/c1-11-21-6-7-23(11)17-5-2-12(8-15(17)19)10-22-18(25)14-9-13(24(26)27)3-4-16(14)20/h2-9H,10H2,1H3,(H,22,25). The zero-order valence-electron chi connectivity index (χ0n) is 14.1. The highest BCUT2D eigenvalue weighted by Gasteiger charge is 2.16. The van der Waals surface area contributed by atoms with E-state index >= 15 is 0 Å². The number of halogens is 2. The second-order valence-corrected chi connectivity index (χ2v) is 6.90. The molecule has 1 aromatic heterocycles. The summed E-state index contributed by atoms with van der Waals surface area (Å²) in [5.74, 6) is -0.235. The molecule has 0 spiro atoms. The molecule has 3 rings (SSSR count). The fourth-order valence-corrected chi connectivity index (χ4v) is 3.15. The molecule has 7 nitrogen and oxygen atoms in total. The molecule has 1 N–H and O–H groups in total. The Morgan fingerprint density at radius 2 is 2.11 bits per heavy atom. The summed E-state index contributed by atoms with van der Waals surface area (Å²) in [7, 11) is 0. The zero-order chi connectivity index (χ0) is 19.6. The van der Waals surface area contributed by atoms with E-state index in [2.05, 4.69) is 10.3 Å². The Morgan fingerprint density at radius 3 is 2.74 bits per heavy atom. The third kappa shape index (κ3) is 4.13. The Kier molecular flexibility index (Phi) is 5.49. The molecule has 0 aliphatic carbocycles. The summed E-state index contributed by atoms with van der Waals surface area (Å²) < 4.78 is 16.6. The van der Waals surface area contributed by atoms with Crippen LogP contribution in [0.4, 0.5) is 10.1 Å². The first-order valence-electron chi connectivity index (χ1n) is 7.87. The monoisotopic (exact) mass is 480 g/mol. The van der Waals surface area contributed by atoms with Crippen LogP contribution in [0.1, 0.15) is 21.7 Å². The number of nitrogens with zero attached hydrogens (tertiary/aromatic N) is 3. The number of non-ortho nitro benzene ring substituents is 1. The van der Waals surface area contributed by atoms with Gasteiger partial charge < -0.3 is 9.88 Å². The number of imidazole rings is 1. The number of benzene rings is 2. The van der Waals surface area contributed by atoms with Gasteiger partial charge in [0, 0.05) is 34.6 Å². The number of aromatic nitrogens is 2. The smallest absolute Gasteiger partial charge is 0.270 e. The van der Waals surface area contributed by atoms with Gasteiger partial charge in [-0.15, -0.1) is 0 Å². The van der Waals surface area contributed by atoms with Gasteiger partial charge in [0.2, 0.25) is 0 Å². The van der Waals surface area contributed by atoms with E-state index in [1.165, 1.54) is 24.3 Å². The summed E-state index contributed by atoms with van der Waals surface area (Å²) in [6.45, 7) is 1.87. The zero-order valence-corrected chi connectivity index (χ0v) is 16.3. The van der Waals surface area contributed by atoms with E-state index in [1.807, 2.05) is 22.6 Å². The van der Waals surface area contributed by atoms with Crippen LogP contribution >= 0.6 is 22.6 Å². The lowest BCUT2D eigenvalue weighted by molar-refractivity contribution is -0.384. The number of nitro groups is 1. The number of hydrogen-bond donors (Lipinski definition) is 1. The maximum absolute atomic E-state index is 14.4. The van der Waals surface area contributed by atoms with Crippen molar-refractivity contribution in [2.24, 2.45) is 0 Å². The van der Waals surface area contributed by atoms with Crippen LogP contribution in [0.5, 0.6) is 0 Å². The number of amides is 1. The van der Waals surface area contributed by atoms with Crippen molar-refractivity contribution in [2.45, 2.75) is 13.5 Å². The van der Waals surface area contributed by atoms with Crippen LogP contribution in [-0.4, -0.2) is 20.4 Å². The van der Waals surface area contributed by atoms with E-state index in [0.717, 1.165) is 0 Å². The Bertz CT molecular complexity index is 1040. The molecule has 2 aromatic carbocycles. The van der Waals surface area contributed by atoms with Gasteiger partial charge in [-0.3, -0.25) is 14.9 Å². The fraction of sp³-hybridized carbons (Fsp3) is 0.111. The number of carbonyl (C=O) groups is 1. The molecule has 1 heterocycles. The van der Waals surface area contributed by atoms with Gasteiger partial charge in [-0.1, -0.05) is 6.07 Å². The number of nitro benzene ring substituents is 1. The van der Waals surface area contributed by atoms with Crippen LogP contribution in [0, 0.1) is 26.4 Å². The molecule has 0 aliphatic heterocycles. The molecule has 0 bridgehead atoms. The maximum atomic E-state index is 14.4. The number of rotatable bonds is 5. The van der Waals surface area contributed by atoms with Crippen LogP contribution in [0.2, 0.25) is 0 Å². The normalized spacial score (nSPS) is 10.6. The average Bonchev–Trinajstić information content (AvgIpc) is 3.05. The molecule has 9 heteroatoms. The maximum Gasteiger partial charge on any atom is 0.270 e. The molecule has 0 atom stereocenters. The van der Waals surface area contributed by atoms with Gasteiger partial charge in [-0.25, -0.2) is 9.37 Å². The predicted octanol–water partition coefficient (Wildman–Crippen LogP) is 3.76. The highest BCUT2D eigenvalue weighted by Crippen LogP contribution is 2.20. The van der Waals surface area contributed by atoms with Crippen molar-refractivity contribution in [3.05, 3.63) is 85.2 Å². The van der Waals surface area contributed by atoms with Gasteiger partial charge in [0.05, 0.1) is 16.2 Å². The van der Waals surface area contributed by atoms with Crippen molar-refractivity contribution in [3.63, 3.8) is 0 Å². The molecule has 1 amide bonds. The Labute approximate surface area is 167 Å². The van der Waals surface area contributed by atoms with E-state index in [1.54, 1.807) is 36.0 Å². The molecular formula is C18H14FIN4O3. The molecule has 0 aliphatic rings. The van der Waals surface area contributed by atoms with Crippen molar-refractivity contribution < 1.29 is 14.1 Å². The number of hydrogen-bond acceptors (Lipinski definition) is 4. The van der Waals surface area contributed by atoms with Crippen LogP contribution in [-0.2, 0) is 6.54 Å². The van der Waals surface area contributed by atoms with Crippen molar-refractivity contribution >= 4 is 34.2 Å². The lowest BCUT2D eigenvalue weighted by Gasteiger charge is -2.10. The van der Waals surface area contributed by atoms with E-state index in [0.29, 0.717) is 20.6 Å². The summed E-state index contributed by atoms with van der Waals surface area (Å²) in [6, 6.07) is 8.73. The molecule has 0 radical (unpaired) electrons. The van der Waals surface area contributed by atoms with Crippen LogP contribution < -0.4 is 5.32 Å². The van der Waals surface area contributed by atoms with Crippen molar-refractivity contribution in [2.75, 3.05) is 0 Å². The minimum absolute atomic E-state index is 0.0950. The Morgan fingerprint density at radius 1 is 1.33 bits per heavy atom. The summed E-state index contributed by atoms with van der Waals surface area (Å²) in [5.41, 5.74) is 0.985. The molecule has 0 saturated carbocycles. The topological polar surface area (TPSA) is 90.1 Å². The van der Waals surface area contributed by atoms with Gasteiger partial charge in [-0.05, 0) is 53.3 Å². The number of aryl methyl sites for hydroxylation is 1. The lowest BCUT2D eigenvalue weighted by atomic mass is 10.1. The summed E-state index contributed by atoms with van der Waals surface area (Å²) in [5, 5.41) is 13.5. The van der Waals surface area contributed by atoms with Gasteiger partial charge in [0.25, 0.3) is 11.6 Å². The van der Waals surface area contributed by atoms with Gasteiger partial charge >= 0.3 is 0 Å². The van der Waals surface area contributed by atoms with Gasteiger partial charge in [0.15, 0.2) is 0 Å². The Balaban J connectivity index is 1.75. The minimum atomic E-state index is -0.556. The first-order valence-corrected chi connectivity index (χ1v) is 8.95. The van der Waals surface area contributed by atoms with E-state index < -0.39 is 16.6 Å². The molecule has 138 valence electrons.